The Kier molecular flexibility index (Phi) is 7.30. The second-order valence-electron chi connectivity index (χ2n) is 4.92. The van der Waals surface area contributed by atoms with E-state index in [1.165, 1.54) is 0 Å². The molecule has 0 aromatic heterocycles. The number of carbonyl (C=O) groups excluding carboxylic acids is 1. The fourth-order valence-electron chi connectivity index (χ4n) is 1.97. The average Bonchev–Trinajstić information content (AvgIpc) is 2.59. The Morgan fingerprint density at radius 3 is 2.52 bits per heavy atom. The number of amides is 1. The third kappa shape index (κ3) is 6.16. The predicted molar refractivity (Wildman–Crippen MR) is 96.3 cm³/mol. The third-order valence-electron chi connectivity index (χ3n) is 3.17. The Hall–Kier alpha value is -1.65. The van der Waals surface area contributed by atoms with Gasteiger partial charge in [-0.15, -0.1) is 11.8 Å². The molecule has 5 heteroatoms. The summed E-state index contributed by atoms with van der Waals surface area (Å²) in [5.41, 5.74) is 0. The lowest BCUT2D eigenvalue weighted by molar-refractivity contribution is -0.120. The molecule has 0 saturated carbocycles. The maximum atomic E-state index is 12.2. The molecule has 23 heavy (non-hydrogen) atoms. The molecule has 0 radical (unpaired) electrons. The van der Waals surface area contributed by atoms with Gasteiger partial charge in [-0.05, 0) is 42.8 Å². The number of hydrogen-bond acceptors (Lipinski definition) is 3. The summed E-state index contributed by atoms with van der Waals surface area (Å²) in [4.78, 5) is 13.3. The largest absolute Gasteiger partial charge is 0.492 e. The van der Waals surface area contributed by atoms with Gasteiger partial charge in [0.05, 0.1) is 11.8 Å². The molecule has 0 spiro atoms. The normalized spacial score (nSPS) is 11.7. The lowest BCUT2D eigenvalue weighted by Crippen LogP contribution is -2.35. The first-order valence-electron chi connectivity index (χ1n) is 7.57. The second kappa shape index (κ2) is 9.48. The first kappa shape index (κ1) is 17.7. The van der Waals surface area contributed by atoms with Crippen LogP contribution >= 0.6 is 23.4 Å². The van der Waals surface area contributed by atoms with Crippen molar-refractivity contribution in [3.05, 3.63) is 59.6 Å². The predicted octanol–water partition coefficient (Wildman–Crippen LogP) is 4.41. The van der Waals surface area contributed by atoms with E-state index in [0.29, 0.717) is 18.2 Å². The highest BCUT2D eigenvalue weighted by Gasteiger charge is 2.17. The number of nitrogens with one attached hydrogen (secondary N) is 1. The van der Waals surface area contributed by atoms with Gasteiger partial charge in [0.2, 0.25) is 5.91 Å². The van der Waals surface area contributed by atoms with Crippen LogP contribution in [0.25, 0.3) is 0 Å². The number of halogens is 1. The highest BCUT2D eigenvalue weighted by Crippen LogP contribution is 2.26. The van der Waals surface area contributed by atoms with Crippen molar-refractivity contribution in [3.63, 3.8) is 0 Å². The number of hydrogen-bond donors (Lipinski definition) is 1. The standard InChI is InChI=1S/C18H20ClNO2S/c1-2-17(23-16-10-8-14(19)9-11-16)18(21)20-12-13-22-15-6-4-3-5-7-15/h3-11,17H,2,12-13H2,1H3,(H,20,21)/t17-/m0/s1. The molecule has 0 saturated heterocycles. The molecule has 0 aliphatic rings. The molecule has 1 N–H and O–H groups in total. The van der Waals surface area contributed by atoms with Crippen molar-refractivity contribution in [1.82, 2.24) is 5.32 Å². The zero-order chi connectivity index (χ0) is 16.5. The van der Waals surface area contributed by atoms with Crippen LogP contribution in [0.2, 0.25) is 5.02 Å². The summed E-state index contributed by atoms with van der Waals surface area (Å²) in [7, 11) is 0. The van der Waals surface area contributed by atoms with E-state index >= 15 is 0 Å². The van der Waals surface area contributed by atoms with Gasteiger partial charge in [0.1, 0.15) is 12.4 Å². The Morgan fingerprint density at radius 2 is 1.87 bits per heavy atom. The molecule has 0 fully saturated rings. The first-order chi connectivity index (χ1) is 11.2. The Labute approximate surface area is 146 Å². The van der Waals surface area contributed by atoms with Crippen molar-refractivity contribution >= 4 is 29.3 Å². The molecule has 2 aromatic rings. The summed E-state index contributed by atoms with van der Waals surface area (Å²) in [5, 5.41) is 3.51. The van der Waals surface area contributed by atoms with E-state index in [0.717, 1.165) is 17.1 Å². The van der Waals surface area contributed by atoms with E-state index in [2.05, 4.69) is 5.32 Å². The van der Waals surface area contributed by atoms with Gasteiger partial charge in [-0.1, -0.05) is 36.7 Å². The lowest BCUT2D eigenvalue weighted by atomic mass is 10.3. The average molecular weight is 350 g/mol. The topological polar surface area (TPSA) is 38.3 Å². The maximum Gasteiger partial charge on any atom is 0.233 e. The van der Waals surface area contributed by atoms with Crippen molar-refractivity contribution in [2.75, 3.05) is 13.2 Å². The van der Waals surface area contributed by atoms with Crippen LogP contribution in [0.5, 0.6) is 5.75 Å². The summed E-state index contributed by atoms with van der Waals surface area (Å²) in [5.74, 6) is 0.841. The van der Waals surface area contributed by atoms with Gasteiger partial charge >= 0.3 is 0 Å². The van der Waals surface area contributed by atoms with Gasteiger partial charge in [0, 0.05) is 9.92 Å². The van der Waals surface area contributed by atoms with Crippen LogP contribution in [0, 0.1) is 0 Å². The number of thioether (sulfide) groups is 1. The van der Waals surface area contributed by atoms with Crippen molar-refractivity contribution < 1.29 is 9.53 Å². The first-order valence-corrected chi connectivity index (χ1v) is 8.82. The van der Waals surface area contributed by atoms with E-state index in [4.69, 9.17) is 16.3 Å². The van der Waals surface area contributed by atoms with E-state index in [1.54, 1.807) is 11.8 Å². The van der Waals surface area contributed by atoms with Crippen molar-refractivity contribution in [1.29, 1.82) is 0 Å². The van der Waals surface area contributed by atoms with Crippen LogP contribution in [-0.4, -0.2) is 24.3 Å². The molecule has 1 atom stereocenters. The van der Waals surface area contributed by atoms with E-state index < -0.39 is 0 Å². The number of ether oxygens (including phenoxy) is 1. The molecule has 2 rings (SSSR count). The van der Waals surface area contributed by atoms with Crippen LogP contribution in [-0.2, 0) is 4.79 Å². The zero-order valence-corrected chi connectivity index (χ0v) is 14.6. The van der Waals surface area contributed by atoms with E-state index in [1.807, 2.05) is 61.5 Å². The fourth-order valence-corrected chi connectivity index (χ4v) is 3.08. The molecule has 0 aliphatic carbocycles. The minimum absolute atomic E-state index is 0.0316. The number of para-hydroxylation sites is 1. The van der Waals surface area contributed by atoms with Gasteiger partial charge in [0.15, 0.2) is 0 Å². The fraction of sp³-hybridized carbons (Fsp3) is 0.278. The van der Waals surface area contributed by atoms with Crippen LogP contribution in [0.4, 0.5) is 0 Å². The summed E-state index contributed by atoms with van der Waals surface area (Å²) >= 11 is 7.43. The summed E-state index contributed by atoms with van der Waals surface area (Å²) in [6, 6.07) is 17.1. The quantitative estimate of drug-likeness (QED) is 0.567. The monoisotopic (exact) mass is 349 g/mol. The van der Waals surface area contributed by atoms with Gasteiger partial charge < -0.3 is 10.1 Å². The molecular weight excluding hydrogens is 330 g/mol. The van der Waals surface area contributed by atoms with Crippen LogP contribution in [0.3, 0.4) is 0 Å². The van der Waals surface area contributed by atoms with Crippen molar-refractivity contribution in [3.8, 4) is 5.75 Å². The molecule has 1 amide bonds. The lowest BCUT2D eigenvalue weighted by Gasteiger charge is -2.15. The molecule has 2 aromatic carbocycles. The highest BCUT2D eigenvalue weighted by molar-refractivity contribution is 8.00. The smallest absolute Gasteiger partial charge is 0.233 e. The van der Waals surface area contributed by atoms with Crippen LogP contribution in [0.15, 0.2) is 59.5 Å². The summed E-state index contributed by atoms with van der Waals surface area (Å²) in [6.07, 6.45) is 0.763. The van der Waals surface area contributed by atoms with E-state index in [-0.39, 0.29) is 11.2 Å². The number of benzene rings is 2. The zero-order valence-electron chi connectivity index (χ0n) is 13.0. The van der Waals surface area contributed by atoms with Crippen molar-refractivity contribution in [2.24, 2.45) is 0 Å². The molecule has 3 nitrogen and oxygen atoms in total. The summed E-state index contributed by atoms with van der Waals surface area (Å²) in [6.45, 7) is 2.96. The molecule has 0 bridgehead atoms. The third-order valence-corrected chi connectivity index (χ3v) is 4.80. The molecule has 0 aliphatic heterocycles. The molecule has 122 valence electrons. The molecular formula is C18H20ClNO2S. The maximum absolute atomic E-state index is 12.2. The highest BCUT2D eigenvalue weighted by atomic mass is 35.5. The molecule has 0 unspecified atom stereocenters. The van der Waals surface area contributed by atoms with Crippen LogP contribution in [0.1, 0.15) is 13.3 Å². The molecule has 0 heterocycles. The minimum atomic E-state index is -0.118. The van der Waals surface area contributed by atoms with E-state index in [9.17, 15) is 4.79 Å². The Balaban J connectivity index is 1.75. The van der Waals surface area contributed by atoms with Gasteiger partial charge in [-0.2, -0.15) is 0 Å². The van der Waals surface area contributed by atoms with Gasteiger partial charge in [-0.25, -0.2) is 0 Å². The number of carbonyl (C=O) groups is 1. The summed E-state index contributed by atoms with van der Waals surface area (Å²) < 4.78 is 5.57. The van der Waals surface area contributed by atoms with Gasteiger partial charge in [0.25, 0.3) is 0 Å². The van der Waals surface area contributed by atoms with Crippen molar-refractivity contribution in [2.45, 2.75) is 23.5 Å². The van der Waals surface area contributed by atoms with Gasteiger partial charge in [-0.3, -0.25) is 4.79 Å². The SMILES string of the molecule is CC[C@H](Sc1ccc(Cl)cc1)C(=O)NCCOc1ccccc1. The Morgan fingerprint density at radius 1 is 1.17 bits per heavy atom. The van der Waals surface area contributed by atoms with Crippen LogP contribution < -0.4 is 10.1 Å². The second-order valence-corrected chi connectivity index (χ2v) is 6.63. The Bertz CT molecular complexity index is 604. The minimum Gasteiger partial charge on any atom is -0.492 e. The number of rotatable bonds is 8.